The van der Waals surface area contributed by atoms with Gasteiger partial charge in [0, 0.05) is 25.1 Å². The molecule has 5 rings (SSSR count). The lowest BCUT2D eigenvalue weighted by Gasteiger charge is -2.19. The second-order valence-electron chi connectivity index (χ2n) is 10.4. The number of rotatable bonds is 7. The highest BCUT2D eigenvalue weighted by Gasteiger charge is 2.22. The molecular weight excluding hydrogens is 468 g/mol. The van der Waals surface area contributed by atoms with E-state index in [1.165, 1.54) is 4.57 Å². The van der Waals surface area contributed by atoms with E-state index in [-0.39, 0.29) is 11.0 Å². The molecule has 0 aliphatic rings. The largest absolute Gasteiger partial charge is 0.330 e. The van der Waals surface area contributed by atoms with Crippen LogP contribution in [-0.4, -0.2) is 39.7 Å². The fraction of sp³-hybridized carbons (Fsp3) is 0.333. The number of hydrogen-bond donors (Lipinski definition) is 2. The van der Waals surface area contributed by atoms with Crippen molar-refractivity contribution in [3.63, 3.8) is 0 Å². The molecule has 0 radical (unpaired) electrons. The van der Waals surface area contributed by atoms with Crippen molar-refractivity contribution in [3.05, 3.63) is 80.8 Å². The summed E-state index contributed by atoms with van der Waals surface area (Å²) in [4.78, 5) is 33.4. The first kappa shape index (κ1) is 24.4. The van der Waals surface area contributed by atoms with Gasteiger partial charge in [-0.05, 0) is 33.7 Å². The molecule has 0 saturated heterocycles. The Labute approximate surface area is 213 Å². The lowest BCUT2D eigenvalue weighted by molar-refractivity contribution is 0.394. The summed E-state index contributed by atoms with van der Waals surface area (Å²) in [7, 11) is 0. The quantitative estimate of drug-likeness (QED) is 0.352. The van der Waals surface area contributed by atoms with Crippen LogP contribution >= 0.6 is 0 Å². The fourth-order valence-electron chi connectivity index (χ4n) is 4.58. The second kappa shape index (κ2) is 9.61. The third-order valence-corrected chi connectivity index (χ3v) is 6.22. The van der Waals surface area contributed by atoms with Gasteiger partial charge in [0.25, 0.3) is 5.56 Å². The second-order valence-corrected chi connectivity index (χ2v) is 10.4. The highest BCUT2D eigenvalue weighted by atomic mass is 16.2. The van der Waals surface area contributed by atoms with Gasteiger partial charge < -0.3 is 4.57 Å². The van der Waals surface area contributed by atoms with Crippen LogP contribution < -0.4 is 11.2 Å². The third kappa shape index (κ3) is 4.87. The zero-order valence-electron chi connectivity index (χ0n) is 21.4. The summed E-state index contributed by atoms with van der Waals surface area (Å²) >= 11 is 0. The van der Waals surface area contributed by atoms with E-state index >= 15 is 0 Å². The van der Waals surface area contributed by atoms with Crippen LogP contribution in [0.2, 0.25) is 0 Å². The predicted molar refractivity (Wildman–Crippen MR) is 142 cm³/mol. The number of nitrogens with zero attached hydrogens (tertiary/aromatic N) is 6. The van der Waals surface area contributed by atoms with Gasteiger partial charge in [-0.2, -0.15) is 5.21 Å². The maximum absolute atomic E-state index is 13.4. The van der Waals surface area contributed by atoms with E-state index < -0.39 is 5.69 Å². The van der Waals surface area contributed by atoms with E-state index in [0.717, 1.165) is 28.1 Å². The lowest BCUT2D eigenvalue weighted by Crippen LogP contribution is -2.35. The number of imidazole rings is 1. The molecule has 3 aromatic heterocycles. The Morgan fingerprint density at radius 3 is 2.32 bits per heavy atom. The normalized spacial score (nSPS) is 11.9. The molecule has 2 aromatic carbocycles. The molecule has 10 heteroatoms. The van der Waals surface area contributed by atoms with Crippen LogP contribution in [0.25, 0.3) is 33.7 Å². The van der Waals surface area contributed by atoms with Gasteiger partial charge in [-0.25, -0.2) is 9.78 Å². The van der Waals surface area contributed by atoms with Crippen molar-refractivity contribution in [2.45, 2.75) is 53.6 Å². The van der Waals surface area contributed by atoms with Crippen LogP contribution in [0.5, 0.6) is 0 Å². The van der Waals surface area contributed by atoms with Gasteiger partial charge in [0.1, 0.15) is 5.82 Å². The van der Waals surface area contributed by atoms with Crippen LogP contribution in [0.4, 0.5) is 0 Å². The molecular formula is C27H30N8O2. The topological polar surface area (TPSA) is 127 Å². The molecule has 2 N–H and O–H groups in total. The Kier molecular flexibility index (Phi) is 6.32. The standard InChI is InChI=1S/C27H30N8O2/c1-5-14-34-25(36)22-24(29-26(34)37)28-21(15-27(2,3)4)35(22)16-17-10-12-18(13-11-17)19-8-6-7-9-20(19)23-30-32-33-31-23/h6-13H,5,14-16H2,1-4H3,(H,29,37)(H,30,31,32,33). The van der Waals surface area contributed by atoms with E-state index in [1.807, 2.05) is 60.0 Å². The highest BCUT2D eigenvalue weighted by Crippen LogP contribution is 2.30. The molecule has 0 spiro atoms. The molecule has 37 heavy (non-hydrogen) atoms. The molecule has 5 aromatic rings. The monoisotopic (exact) mass is 498 g/mol. The first-order valence-electron chi connectivity index (χ1n) is 12.4. The van der Waals surface area contributed by atoms with Crippen LogP contribution in [0, 0.1) is 5.41 Å². The summed E-state index contributed by atoms with van der Waals surface area (Å²) in [5, 5.41) is 14.4. The Bertz CT molecular complexity index is 1650. The minimum Gasteiger partial charge on any atom is -0.318 e. The van der Waals surface area contributed by atoms with Crippen molar-refractivity contribution in [2.75, 3.05) is 0 Å². The number of nitrogens with one attached hydrogen (secondary N) is 2. The van der Waals surface area contributed by atoms with E-state index in [9.17, 15) is 9.59 Å². The molecule has 0 amide bonds. The van der Waals surface area contributed by atoms with Gasteiger partial charge >= 0.3 is 5.69 Å². The molecule has 190 valence electrons. The third-order valence-electron chi connectivity index (χ3n) is 6.22. The molecule has 0 aliphatic carbocycles. The molecule has 3 heterocycles. The Balaban J connectivity index is 1.56. The number of aromatic nitrogens is 8. The summed E-state index contributed by atoms with van der Waals surface area (Å²) in [6, 6.07) is 16.1. The van der Waals surface area contributed by atoms with Gasteiger partial charge in [-0.15, -0.1) is 10.2 Å². The van der Waals surface area contributed by atoms with E-state index in [2.05, 4.69) is 46.4 Å². The molecule has 10 nitrogen and oxygen atoms in total. The van der Waals surface area contributed by atoms with Crippen LogP contribution in [0.1, 0.15) is 45.5 Å². The minimum absolute atomic E-state index is 0.0510. The van der Waals surface area contributed by atoms with E-state index in [0.29, 0.717) is 42.9 Å². The maximum atomic E-state index is 13.4. The van der Waals surface area contributed by atoms with Crippen molar-refractivity contribution >= 4 is 11.2 Å². The van der Waals surface area contributed by atoms with Crippen LogP contribution in [-0.2, 0) is 19.5 Å². The number of H-pyrrole nitrogens is 2. The smallest absolute Gasteiger partial charge is 0.318 e. The minimum atomic E-state index is -0.420. The number of fused-ring (bicyclic) bond motifs is 1. The fourth-order valence-corrected chi connectivity index (χ4v) is 4.58. The van der Waals surface area contributed by atoms with Gasteiger partial charge in [-0.1, -0.05) is 76.2 Å². The molecule has 0 aliphatic heterocycles. The zero-order valence-corrected chi connectivity index (χ0v) is 21.4. The van der Waals surface area contributed by atoms with Crippen molar-refractivity contribution < 1.29 is 0 Å². The first-order valence-corrected chi connectivity index (χ1v) is 12.4. The van der Waals surface area contributed by atoms with E-state index in [1.54, 1.807) is 0 Å². The zero-order chi connectivity index (χ0) is 26.2. The number of benzene rings is 2. The average Bonchev–Trinajstić information content (AvgIpc) is 3.50. The maximum Gasteiger partial charge on any atom is 0.330 e. The highest BCUT2D eigenvalue weighted by molar-refractivity contribution is 5.80. The number of tetrazole rings is 1. The van der Waals surface area contributed by atoms with Crippen molar-refractivity contribution in [3.8, 4) is 22.5 Å². The average molecular weight is 499 g/mol. The van der Waals surface area contributed by atoms with Gasteiger partial charge in [-0.3, -0.25) is 14.3 Å². The molecule has 0 bridgehead atoms. The predicted octanol–water partition coefficient (Wildman–Crippen LogP) is 3.78. The summed E-state index contributed by atoms with van der Waals surface area (Å²) in [6.45, 7) is 9.15. The van der Waals surface area contributed by atoms with Gasteiger partial charge in [0.2, 0.25) is 5.82 Å². The Morgan fingerprint density at radius 2 is 1.68 bits per heavy atom. The molecule has 0 unspecified atom stereocenters. The Morgan fingerprint density at radius 1 is 0.946 bits per heavy atom. The van der Waals surface area contributed by atoms with Crippen molar-refractivity contribution in [2.24, 2.45) is 5.41 Å². The number of hydrogen-bond acceptors (Lipinski definition) is 6. The van der Waals surface area contributed by atoms with E-state index in [4.69, 9.17) is 4.98 Å². The summed E-state index contributed by atoms with van der Waals surface area (Å²) in [5.74, 6) is 1.31. The van der Waals surface area contributed by atoms with Crippen LogP contribution in [0.15, 0.2) is 58.1 Å². The lowest BCUT2D eigenvalue weighted by atomic mass is 9.92. The summed E-state index contributed by atoms with van der Waals surface area (Å²) in [5.41, 5.74) is 3.91. The molecule has 0 saturated carbocycles. The van der Waals surface area contributed by atoms with Crippen molar-refractivity contribution in [1.82, 2.24) is 39.7 Å². The molecule has 0 atom stereocenters. The van der Waals surface area contributed by atoms with Gasteiger partial charge in [0.15, 0.2) is 11.2 Å². The molecule has 0 fully saturated rings. The first-order chi connectivity index (χ1) is 17.7. The van der Waals surface area contributed by atoms with Gasteiger partial charge in [0.05, 0.1) is 0 Å². The summed E-state index contributed by atoms with van der Waals surface area (Å²) < 4.78 is 3.21. The van der Waals surface area contributed by atoms with Crippen molar-refractivity contribution in [1.29, 1.82) is 0 Å². The number of aromatic amines is 2. The Hall–Kier alpha value is -4.34. The SMILES string of the molecule is CCCn1c(=O)[nH]c2nc(CC(C)(C)C)n(Cc3ccc(-c4ccccc4-c4nn[nH]n4)cc3)c2c1=O. The summed E-state index contributed by atoms with van der Waals surface area (Å²) in [6.07, 6.45) is 1.34. The van der Waals surface area contributed by atoms with Crippen LogP contribution in [0.3, 0.4) is 0 Å².